The van der Waals surface area contributed by atoms with Crippen molar-refractivity contribution in [1.82, 2.24) is 10.6 Å². The topological polar surface area (TPSA) is 87.3 Å². The molecule has 1 fully saturated rings. The molecule has 0 aliphatic carbocycles. The molecule has 3 N–H and O–H groups in total. The van der Waals surface area contributed by atoms with Crippen LogP contribution in [0.2, 0.25) is 10.0 Å². The van der Waals surface area contributed by atoms with Crippen LogP contribution in [-0.4, -0.2) is 36.7 Å². The molecule has 2 aromatic rings. The molecule has 0 radical (unpaired) electrons. The van der Waals surface area contributed by atoms with Crippen LogP contribution in [0.3, 0.4) is 0 Å². The highest BCUT2D eigenvalue weighted by Gasteiger charge is 2.65. The first-order valence-electron chi connectivity index (χ1n) is 11.7. The lowest BCUT2D eigenvalue weighted by Crippen LogP contribution is -2.49. The normalized spacial score (nSPS) is 25.3. The van der Waals surface area contributed by atoms with Gasteiger partial charge in [0.1, 0.15) is 17.5 Å². The minimum atomic E-state index is -1.31. The standard InChI is InChI=1S/C27H28Cl2FN3O3/c1-26(2,3)14-21-27(17-12-19(30)18(29)13-20(17)32-25(27)36)22(15-7-6-8-16(28)11-15)23(33-21)24(35)31-9-4-5-10-34/h4-8,10-13,21-23,33H,9,14H2,1-3H3,(H,31,35)(H,32,36)/b5-4+. The Balaban J connectivity index is 1.94. The summed E-state index contributed by atoms with van der Waals surface area (Å²) >= 11 is 12.4. The van der Waals surface area contributed by atoms with Crippen molar-refractivity contribution in [3.8, 4) is 0 Å². The highest BCUT2D eigenvalue weighted by atomic mass is 35.5. The van der Waals surface area contributed by atoms with E-state index in [0.717, 1.165) is 0 Å². The molecule has 2 aromatic carbocycles. The van der Waals surface area contributed by atoms with Gasteiger partial charge in [-0.15, -0.1) is 0 Å². The lowest BCUT2D eigenvalue weighted by Gasteiger charge is -2.37. The first kappa shape index (κ1) is 26.3. The molecule has 2 amide bonds. The van der Waals surface area contributed by atoms with Gasteiger partial charge in [-0.3, -0.25) is 14.4 Å². The summed E-state index contributed by atoms with van der Waals surface area (Å²) in [4.78, 5) is 38.1. The maximum atomic E-state index is 14.9. The molecular formula is C27H28Cl2FN3O3. The Labute approximate surface area is 219 Å². The van der Waals surface area contributed by atoms with E-state index in [4.69, 9.17) is 23.2 Å². The van der Waals surface area contributed by atoms with Crippen molar-refractivity contribution in [3.63, 3.8) is 0 Å². The Morgan fingerprint density at radius 3 is 2.64 bits per heavy atom. The van der Waals surface area contributed by atoms with Crippen molar-refractivity contribution in [1.29, 1.82) is 0 Å². The summed E-state index contributed by atoms with van der Waals surface area (Å²) in [5.74, 6) is -2.03. The van der Waals surface area contributed by atoms with Gasteiger partial charge in [-0.25, -0.2) is 4.39 Å². The number of anilines is 1. The minimum Gasteiger partial charge on any atom is -0.351 e. The molecule has 0 saturated carbocycles. The van der Waals surface area contributed by atoms with Gasteiger partial charge in [0.2, 0.25) is 11.8 Å². The van der Waals surface area contributed by atoms with Gasteiger partial charge in [0, 0.05) is 29.2 Å². The number of amides is 2. The number of hydrogen-bond acceptors (Lipinski definition) is 4. The van der Waals surface area contributed by atoms with Crippen LogP contribution < -0.4 is 16.0 Å². The number of rotatable bonds is 6. The summed E-state index contributed by atoms with van der Waals surface area (Å²) in [7, 11) is 0. The van der Waals surface area contributed by atoms with Crippen LogP contribution >= 0.6 is 23.2 Å². The first-order chi connectivity index (χ1) is 17.0. The van der Waals surface area contributed by atoms with E-state index < -0.39 is 29.2 Å². The van der Waals surface area contributed by atoms with Gasteiger partial charge < -0.3 is 16.0 Å². The molecule has 2 heterocycles. The zero-order valence-electron chi connectivity index (χ0n) is 20.2. The Morgan fingerprint density at radius 1 is 1.22 bits per heavy atom. The molecule has 1 spiro atoms. The second kappa shape index (κ2) is 9.96. The predicted molar refractivity (Wildman–Crippen MR) is 139 cm³/mol. The molecule has 0 aromatic heterocycles. The molecule has 0 bridgehead atoms. The SMILES string of the molecule is CC(C)(C)CC1NC(C(=O)NC/C=C/C=O)C(c2cccc(Cl)c2)C12C(=O)Nc1cc(Cl)c(F)cc12. The van der Waals surface area contributed by atoms with Crippen LogP contribution in [0, 0.1) is 11.2 Å². The third-order valence-electron chi connectivity index (χ3n) is 6.80. The third kappa shape index (κ3) is 4.67. The van der Waals surface area contributed by atoms with E-state index in [-0.39, 0.29) is 28.8 Å². The molecule has 36 heavy (non-hydrogen) atoms. The van der Waals surface area contributed by atoms with E-state index in [0.29, 0.717) is 34.5 Å². The number of benzene rings is 2. The van der Waals surface area contributed by atoms with Gasteiger partial charge in [0.15, 0.2) is 0 Å². The average molecular weight is 532 g/mol. The number of nitrogens with one attached hydrogen (secondary N) is 3. The van der Waals surface area contributed by atoms with Crippen molar-refractivity contribution >= 4 is 47.0 Å². The van der Waals surface area contributed by atoms with Crippen LogP contribution in [-0.2, 0) is 19.8 Å². The van der Waals surface area contributed by atoms with Crippen LogP contribution in [0.5, 0.6) is 0 Å². The van der Waals surface area contributed by atoms with E-state index in [2.05, 4.69) is 16.0 Å². The van der Waals surface area contributed by atoms with Gasteiger partial charge in [0.05, 0.1) is 11.1 Å². The van der Waals surface area contributed by atoms with Crippen LogP contribution in [0.15, 0.2) is 48.6 Å². The Kier molecular flexibility index (Phi) is 7.28. The van der Waals surface area contributed by atoms with Crippen molar-refractivity contribution < 1.29 is 18.8 Å². The molecule has 4 unspecified atom stereocenters. The molecule has 9 heteroatoms. The molecule has 4 rings (SSSR count). The molecule has 2 aliphatic rings. The molecule has 2 aliphatic heterocycles. The third-order valence-corrected chi connectivity index (χ3v) is 7.32. The van der Waals surface area contributed by atoms with E-state index in [9.17, 15) is 18.8 Å². The number of carbonyl (C=O) groups is 3. The van der Waals surface area contributed by atoms with E-state index in [1.807, 2.05) is 26.8 Å². The number of carbonyl (C=O) groups excluding carboxylic acids is 3. The van der Waals surface area contributed by atoms with Crippen LogP contribution in [0.25, 0.3) is 0 Å². The maximum absolute atomic E-state index is 14.9. The zero-order valence-corrected chi connectivity index (χ0v) is 21.7. The number of halogens is 3. The number of hydrogen-bond donors (Lipinski definition) is 3. The van der Waals surface area contributed by atoms with Gasteiger partial charge in [-0.1, -0.05) is 62.2 Å². The second-order valence-corrected chi connectivity index (χ2v) is 11.3. The summed E-state index contributed by atoms with van der Waals surface area (Å²) < 4.78 is 14.9. The number of fused-ring (bicyclic) bond motifs is 2. The van der Waals surface area contributed by atoms with Crippen LogP contribution in [0.4, 0.5) is 10.1 Å². The summed E-state index contributed by atoms with van der Waals surface area (Å²) in [6, 6.07) is 8.41. The molecule has 190 valence electrons. The largest absolute Gasteiger partial charge is 0.351 e. The average Bonchev–Trinajstić information content (AvgIpc) is 3.26. The molecule has 1 saturated heterocycles. The smallest absolute Gasteiger partial charge is 0.238 e. The summed E-state index contributed by atoms with van der Waals surface area (Å²) in [6.07, 6.45) is 3.98. The highest BCUT2D eigenvalue weighted by molar-refractivity contribution is 6.31. The highest BCUT2D eigenvalue weighted by Crippen LogP contribution is 2.57. The lowest BCUT2D eigenvalue weighted by atomic mass is 9.62. The monoisotopic (exact) mass is 531 g/mol. The Morgan fingerprint density at radius 2 is 1.97 bits per heavy atom. The second-order valence-electron chi connectivity index (χ2n) is 10.4. The molecular weight excluding hydrogens is 504 g/mol. The summed E-state index contributed by atoms with van der Waals surface area (Å²) in [5, 5.41) is 9.51. The number of aldehydes is 1. The van der Waals surface area contributed by atoms with E-state index >= 15 is 0 Å². The summed E-state index contributed by atoms with van der Waals surface area (Å²) in [5.41, 5.74) is 0.0226. The fraction of sp³-hybridized carbons (Fsp3) is 0.370. The van der Waals surface area contributed by atoms with Crippen molar-refractivity contribution in [2.75, 3.05) is 11.9 Å². The Hall–Kier alpha value is -2.74. The van der Waals surface area contributed by atoms with Crippen molar-refractivity contribution in [3.05, 3.63) is 75.5 Å². The predicted octanol–water partition coefficient (Wildman–Crippen LogP) is 4.75. The van der Waals surface area contributed by atoms with E-state index in [1.165, 1.54) is 24.3 Å². The van der Waals surface area contributed by atoms with Gasteiger partial charge in [0.25, 0.3) is 0 Å². The van der Waals surface area contributed by atoms with Gasteiger partial charge >= 0.3 is 0 Å². The van der Waals surface area contributed by atoms with Gasteiger partial charge in [-0.2, -0.15) is 0 Å². The molecule has 6 nitrogen and oxygen atoms in total. The fourth-order valence-corrected chi connectivity index (χ4v) is 5.89. The fourth-order valence-electron chi connectivity index (χ4n) is 5.53. The van der Waals surface area contributed by atoms with Crippen molar-refractivity contribution in [2.45, 2.75) is 50.6 Å². The van der Waals surface area contributed by atoms with E-state index in [1.54, 1.807) is 18.2 Å². The van der Waals surface area contributed by atoms with Gasteiger partial charge in [-0.05, 0) is 53.3 Å². The zero-order chi connectivity index (χ0) is 26.3. The number of allylic oxidation sites excluding steroid dienone is 1. The first-order valence-corrected chi connectivity index (χ1v) is 12.4. The van der Waals surface area contributed by atoms with Crippen molar-refractivity contribution in [2.24, 2.45) is 5.41 Å². The lowest BCUT2D eigenvalue weighted by molar-refractivity contribution is -0.123. The maximum Gasteiger partial charge on any atom is 0.238 e. The summed E-state index contributed by atoms with van der Waals surface area (Å²) in [6.45, 7) is 6.28. The minimum absolute atomic E-state index is 0.0972. The molecule has 4 atom stereocenters. The quantitative estimate of drug-likeness (QED) is 0.370. The van der Waals surface area contributed by atoms with Crippen LogP contribution in [0.1, 0.15) is 44.2 Å². The Bertz CT molecular complexity index is 1240.